The number of carbonyl (C=O) groups is 1. The third-order valence-corrected chi connectivity index (χ3v) is 7.10. The van der Waals surface area contributed by atoms with Crippen molar-refractivity contribution >= 4 is 34.1 Å². The van der Waals surface area contributed by atoms with Crippen LogP contribution in [0.5, 0.6) is 0 Å². The average Bonchev–Trinajstić information content (AvgIpc) is 2.82. The molecule has 2 aromatic carbocycles. The summed E-state index contributed by atoms with van der Waals surface area (Å²) >= 11 is 6.06. The number of amides is 1. The summed E-state index contributed by atoms with van der Waals surface area (Å²) in [5.74, 6) is 0.106. The summed E-state index contributed by atoms with van der Waals surface area (Å²) in [6, 6.07) is 12.9. The molecule has 1 aromatic heterocycles. The van der Waals surface area contributed by atoms with Gasteiger partial charge in [0, 0.05) is 61.3 Å². The van der Waals surface area contributed by atoms with E-state index < -0.39 is 5.82 Å². The van der Waals surface area contributed by atoms with E-state index in [1.807, 2.05) is 26.0 Å². The van der Waals surface area contributed by atoms with Crippen molar-refractivity contribution in [2.45, 2.75) is 26.3 Å². The topological polar surface area (TPSA) is 57.7 Å². The standard InChI is InChI=1S/C28H32ClFN4O2/c1-18(2)31-27(35)14-22-11-21-12-23(34-16-19(17-34)15-33-7-9-36-10-8-33)4-6-26(21)32-28(22)20-3-5-25(30)24(29)13-20/h3-6,11-13,18-19H,7-10,14-17H2,1-2H3,(H,31,35). The number of benzene rings is 2. The lowest BCUT2D eigenvalue weighted by atomic mass is 9.97. The van der Waals surface area contributed by atoms with Gasteiger partial charge < -0.3 is 15.0 Å². The summed E-state index contributed by atoms with van der Waals surface area (Å²) in [5, 5.41) is 3.97. The number of pyridine rings is 1. The molecule has 5 rings (SSSR count). The second-order valence-corrected chi connectivity index (χ2v) is 10.5. The molecule has 0 bridgehead atoms. The molecule has 2 fully saturated rings. The van der Waals surface area contributed by atoms with Crippen LogP contribution in [0.1, 0.15) is 19.4 Å². The Morgan fingerprint density at radius 1 is 1.17 bits per heavy atom. The first-order chi connectivity index (χ1) is 17.4. The van der Waals surface area contributed by atoms with Crippen molar-refractivity contribution in [1.29, 1.82) is 0 Å². The van der Waals surface area contributed by atoms with Crippen LogP contribution in [0.15, 0.2) is 42.5 Å². The second kappa shape index (κ2) is 10.7. The number of aromatic nitrogens is 1. The average molecular weight is 511 g/mol. The van der Waals surface area contributed by atoms with Crippen molar-refractivity contribution in [2.24, 2.45) is 5.92 Å². The minimum absolute atomic E-state index is 0.0340. The number of hydrogen-bond donors (Lipinski definition) is 1. The first kappa shape index (κ1) is 24.9. The molecule has 0 spiro atoms. The summed E-state index contributed by atoms with van der Waals surface area (Å²) in [7, 11) is 0. The largest absolute Gasteiger partial charge is 0.379 e. The molecule has 2 saturated heterocycles. The summed E-state index contributed by atoms with van der Waals surface area (Å²) in [5.41, 5.74) is 4.11. The molecule has 8 heteroatoms. The third kappa shape index (κ3) is 5.64. The van der Waals surface area contributed by atoms with Gasteiger partial charge in [-0.1, -0.05) is 11.6 Å². The number of halogens is 2. The number of hydrogen-bond acceptors (Lipinski definition) is 5. The molecule has 6 nitrogen and oxygen atoms in total. The van der Waals surface area contributed by atoms with Crippen molar-refractivity contribution in [3.8, 4) is 11.3 Å². The third-order valence-electron chi connectivity index (χ3n) is 6.81. The highest BCUT2D eigenvalue weighted by Gasteiger charge is 2.29. The zero-order valence-corrected chi connectivity index (χ0v) is 21.5. The van der Waals surface area contributed by atoms with E-state index in [0.29, 0.717) is 17.2 Å². The van der Waals surface area contributed by atoms with Crippen molar-refractivity contribution in [1.82, 2.24) is 15.2 Å². The van der Waals surface area contributed by atoms with Gasteiger partial charge in [-0.05, 0) is 61.9 Å². The van der Waals surface area contributed by atoms with Crippen LogP contribution in [0.2, 0.25) is 5.02 Å². The second-order valence-electron chi connectivity index (χ2n) is 10.1. The van der Waals surface area contributed by atoms with Gasteiger partial charge in [0.05, 0.1) is 35.9 Å². The zero-order chi connectivity index (χ0) is 25.2. The summed E-state index contributed by atoms with van der Waals surface area (Å²) < 4.78 is 19.3. The predicted molar refractivity (Wildman–Crippen MR) is 142 cm³/mol. The number of ether oxygens (including phenoxy) is 1. The Morgan fingerprint density at radius 3 is 2.67 bits per heavy atom. The molecule has 0 aliphatic carbocycles. The molecular weight excluding hydrogens is 479 g/mol. The lowest BCUT2D eigenvalue weighted by molar-refractivity contribution is -0.120. The minimum atomic E-state index is -0.480. The number of nitrogens with zero attached hydrogens (tertiary/aromatic N) is 3. The lowest BCUT2D eigenvalue weighted by Crippen LogP contribution is -2.53. The first-order valence-corrected chi connectivity index (χ1v) is 13.0. The molecule has 190 valence electrons. The zero-order valence-electron chi connectivity index (χ0n) is 20.8. The molecule has 1 amide bonds. The molecule has 1 N–H and O–H groups in total. The molecular formula is C28H32ClFN4O2. The highest BCUT2D eigenvalue weighted by atomic mass is 35.5. The molecule has 2 aliphatic rings. The first-order valence-electron chi connectivity index (χ1n) is 12.6. The highest BCUT2D eigenvalue weighted by Crippen LogP contribution is 2.32. The number of rotatable bonds is 7. The van der Waals surface area contributed by atoms with E-state index in [2.05, 4.69) is 27.2 Å². The van der Waals surface area contributed by atoms with E-state index in [-0.39, 0.29) is 23.4 Å². The van der Waals surface area contributed by atoms with Crippen molar-refractivity contribution in [3.05, 3.63) is 58.9 Å². The summed E-state index contributed by atoms with van der Waals surface area (Å²) in [6.07, 6.45) is 0.182. The molecule has 0 saturated carbocycles. The highest BCUT2D eigenvalue weighted by molar-refractivity contribution is 6.31. The van der Waals surface area contributed by atoms with Crippen LogP contribution in [0.4, 0.5) is 10.1 Å². The number of nitrogens with one attached hydrogen (secondary N) is 1. The van der Waals surface area contributed by atoms with Gasteiger partial charge in [-0.15, -0.1) is 0 Å². The Morgan fingerprint density at radius 2 is 1.94 bits per heavy atom. The molecule has 3 aromatic rings. The van der Waals surface area contributed by atoms with E-state index in [0.717, 1.165) is 68.1 Å². The number of carbonyl (C=O) groups excluding carboxylic acids is 1. The molecule has 2 aliphatic heterocycles. The molecule has 0 unspecified atom stereocenters. The van der Waals surface area contributed by atoms with Gasteiger partial charge >= 0.3 is 0 Å². The molecule has 3 heterocycles. The van der Waals surface area contributed by atoms with Gasteiger partial charge in [-0.3, -0.25) is 9.69 Å². The Hall–Kier alpha value is -2.74. The lowest BCUT2D eigenvalue weighted by Gasteiger charge is -2.43. The molecule has 0 atom stereocenters. The van der Waals surface area contributed by atoms with E-state index in [1.165, 1.54) is 6.07 Å². The van der Waals surface area contributed by atoms with Crippen LogP contribution < -0.4 is 10.2 Å². The van der Waals surface area contributed by atoms with Gasteiger partial charge in [0.25, 0.3) is 0 Å². The van der Waals surface area contributed by atoms with Crippen LogP contribution in [-0.2, 0) is 16.0 Å². The Labute approximate surface area is 216 Å². The van der Waals surface area contributed by atoms with Crippen molar-refractivity contribution in [2.75, 3.05) is 50.8 Å². The van der Waals surface area contributed by atoms with Gasteiger partial charge in [-0.2, -0.15) is 0 Å². The number of anilines is 1. The Kier molecular flexibility index (Phi) is 7.42. The molecule has 0 radical (unpaired) electrons. The number of morpholine rings is 1. The minimum Gasteiger partial charge on any atom is -0.379 e. The van der Waals surface area contributed by atoms with Gasteiger partial charge in [0.1, 0.15) is 5.82 Å². The Bertz CT molecular complexity index is 1260. The molecule has 36 heavy (non-hydrogen) atoms. The maximum absolute atomic E-state index is 13.8. The smallest absolute Gasteiger partial charge is 0.224 e. The van der Waals surface area contributed by atoms with Crippen molar-refractivity contribution in [3.63, 3.8) is 0 Å². The van der Waals surface area contributed by atoms with Crippen molar-refractivity contribution < 1.29 is 13.9 Å². The van der Waals surface area contributed by atoms with E-state index >= 15 is 0 Å². The van der Waals surface area contributed by atoms with Crippen LogP contribution in [0, 0.1) is 11.7 Å². The maximum Gasteiger partial charge on any atom is 0.224 e. The Balaban J connectivity index is 1.40. The van der Waals surface area contributed by atoms with Gasteiger partial charge in [0.15, 0.2) is 0 Å². The van der Waals surface area contributed by atoms with E-state index in [1.54, 1.807) is 12.1 Å². The fourth-order valence-electron chi connectivity index (χ4n) is 5.02. The number of fused-ring (bicyclic) bond motifs is 1. The van der Waals surface area contributed by atoms with Crippen LogP contribution in [-0.4, -0.2) is 67.8 Å². The summed E-state index contributed by atoms with van der Waals surface area (Å²) in [6.45, 7) is 10.8. The van der Waals surface area contributed by atoms with Gasteiger partial charge in [0.2, 0.25) is 5.91 Å². The van der Waals surface area contributed by atoms with Crippen LogP contribution in [0.25, 0.3) is 22.2 Å². The SMILES string of the molecule is CC(C)NC(=O)Cc1cc2cc(N3CC(CN4CCOCC4)C3)ccc2nc1-c1ccc(F)c(Cl)c1. The van der Waals surface area contributed by atoms with E-state index in [4.69, 9.17) is 21.3 Å². The fraction of sp³-hybridized carbons (Fsp3) is 0.429. The summed E-state index contributed by atoms with van der Waals surface area (Å²) in [4.78, 5) is 22.4. The van der Waals surface area contributed by atoms with Crippen LogP contribution >= 0.6 is 11.6 Å². The van der Waals surface area contributed by atoms with Crippen LogP contribution in [0.3, 0.4) is 0 Å². The quantitative estimate of drug-likeness (QED) is 0.506. The maximum atomic E-state index is 13.8. The monoisotopic (exact) mass is 510 g/mol. The van der Waals surface area contributed by atoms with E-state index in [9.17, 15) is 9.18 Å². The predicted octanol–water partition coefficient (Wildman–Crippen LogP) is 4.53. The van der Waals surface area contributed by atoms with Gasteiger partial charge in [-0.25, -0.2) is 9.37 Å². The normalized spacial score (nSPS) is 17.0. The fourth-order valence-corrected chi connectivity index (χ4v) is 5.20.